The Labute approximate surface area is 97.1 Å². The van der Waals surface area contributed by atoms with Gasteiger partial charge in [0.15, 0.2) is 0 Å². The van der Waals surface area contributed by atoms with Gasteiger partial charge in [-0.15, -0.1) is 0 Å². The van der Waals surface area contributed by atoms with Crippen LogP contribution >= 0.6 is 0 Å². The molecule has 0 radical (unpaired) electrons. The van der Waals surface area contributed by atoms with Crippen molar-refractivity contribution < 1.29 is 9.30 Å². The first-order chi connectivity index (χ1) is 7.79. The number of methoxy groups -OCH3 is 1. The average molecular weight is 222 g/mol. The van der Waals surface area contributed by atoms with E-state index in [0.29, 0.717) is 6.42 Å². The first kappa shape index (κ1) is 12.7. The van der Waals surface area contributed by atoms with Gasteiger partial charge in [0.05, 0.1) is 19.0 Å². The third-order valence-corrected chi connectivity index (χ3v) is 2.72. The van der Waals surface area contributed by atoms with E-state index < -0.39 is 0 Å². The van der Waals surface area contributed by atoms with Crippen molar-refractivity contribution in [2.75, 3.05) is 13.7 Å². The molecule has 1 aromatic heterocycles. The molecule has 0 amide bonds. The van der Waals surface area contributed by atoms with Crippen LogP contribution < -0.4 is 4.57 Å². The van der Waals surface area contributed by atoms with Gasteiger partial charge in [0, 0.05) is 20.6 Å². The highest BCUT2D eigenvalue weighted by Gasteiger charge is 2.10. The molecule has 0 saturated heterocycles. The van der Waals surface area contributed by atoms with Crippen LogP contribution in [-0.2, 0) is 17.8 Å². The van der Waals surface area contributed by atoms with E-state index in [1.165, 1.54) is 5.82 Å². The van der Waals surface area contributed by atoms with E-state index in [9.17, 15) is 0 Å². The van der Waals surface area contributed by atoms with E-state index in [4.69, 9.17) is 10.00 Å². The lowest BCUT2D eigenvalue weighted by molar-refractivity contribution is -0.701. The summed E-state index contributed by atoms with van der Waals surface area (Å²) in [5, 5.41) is 8.54. The van der Waals surface area contributed by atoms with E-state index in [1.807, 2.05) is 6.20 Å². The first-order valence-electron chi connectivity index (χ1n) is 5.70. The van der Waals surface area contributed by atoms with Gasteiger partial charge in [-0.25, -0.2) is 9.13 Å². The lowest BCUT2D eigenvalue weighted by atomic mass is 10.3. The summed E-state index contributed by atoms with van der Waals surface area (Å²) < 4.78 is 9.37. The van der Waals surface area contributed by atoms with Gasteiger partial charge in [0.1, 0.15) is 18.9 Å². The molecular weight excluding hydrogens is 202 g/mol. The molecule has 0 aliphatic heterocycles. The number of imidazole rings is 1. The van der Waals surface area contributed by atoms with Crippen molar-refractivity contribution in [1.29, 1.82) is 5.26 Å². The summed E-state index contributed by atoms with van der Waals surface area (Å²) in [6.07, 6.45) is 6.91. The molecule has 0 saturated carbocycles. The van der Waals surface area contributed by atoms with E-state index in [1.54, 1.807) is 7.11 Å². The minimum absolute atomic E-state index is 0.569. The van der Waals surface area contributed by atoms with Crippen LogP contribution in [0.2, 0.25) is 0 Å². The van der Waals surface area contributed by atoms with Crippen LogP contribution in [0.15, 0.2) is 12.4 Å². The third kappa shape index (κ3) is 3.67. The standard InChI is InChI=1S/C12H20N3O/c1-12-14(7-3-4-11-16-2)9-10-15(12)8-5-6-13/h9-10H,3-5,7-8,11H2,1-2H3/q+1. The number of rotatable bonds is 7. The number of hydrogen-bond donors (Lipinski definition) is 0. The Morgan fingerprint density at radius 2 is 2.31 bits per heavy atom. The molecule has 0 bridgehead atoms. The molecule has 4 heteroatoms. The molecule has 0 unspecified atom stereocenters. The minimum Gasteiger partial charge on any atom is -0.385 e. The van der Waals surface area contributed by atoms with E-state index in [-0.39, 0.29) is 0 Å². The Kier molecular flexibility index (Phi) is 5.58. The molecule has 0 aliphatic rings. The Morgan fingerprint density at radius 1 is 1.50 bits per heavy atom. The number of aromatic nitrogens is 2. The molecule has 0 N–H and O–H groups in total. The molecule has 1 heterocycles. The number of unbranched alkanes of at least 4 members (excludes halogenated alkanes) is 1. The van der Waals surface area contributed by atoms with Crippen molar-refractivity contribution in [2.24, 2.45) is 0 Å². The Balaban J connectivity index is 2.42. The molecule has 4 nitrogen and oxygen atoms in total. The number of nitriles is 1. The quantitative estimate of drug-likeness (QED) is 0.517. The SMILES string of the molecule is COCCCCn1cc[n+](CCC#N)c1C. The Bertz CT molecular complexity index is 352. The van der Waals surface area contributed by atoms with Crippen molar-refractivity contribution in [1.82, 2.24) is 4.57 Å². The van der Waals surface area contributed by atoms with Crippen molar-refractivity contribution in [3.63, 3.8) is 0 Å². The second kappa shape index (κ2) is 7.02. The van der Waals surface area contributed by atoms with E-state index in [2.05, 4.69) is 28.3 Å². The van der Waals surface area contributed by atoms with Crippen LogP contribution in [0.5, 0.6) is 0 Å². The van der Waals surface area contributed by atoms with Crippen molar-refractivity contribution in [3.8, 4) is 6.07 Å². The lowest BCUT2D eigenvalue weighted by Crippen LogP contribution is -2.35. The van der Waals surface area contributed by atoms with Crippen LogP contribution in [0, 0.1) is 18.3 Å². The number of hydrogen-bond acceptors (Lipinski definition) is 2. The van der Waals surface area contributed by atoms with Crippen molar-refractivity contribution in [2.45, 2.75) is 39.3 Å². The summed E-state index contributed by atoms with van der Waals surface area (Å²) >= 11 is 0. The lowest BCUT2D eigenvalue weighted by Gasteiger charge is -2.00. The summed E-state index contributed by atoms with van der Waals surface area (Å²) in [6.45, 7) is 4.73. The molecule has 1 rings (SSSR count). The molecule has 0 spiro atoms. The maximum atomic E-state index is 8.54. The highest BCUT2D eigenvalue weighted by molar-refractivity contribution is 4.80. The molecule has 0 aliphatic carbocycles. The van der Waals surface area contributed by atoms with E-state index in [0.717, 1.165) is 32.5 Å². The number of ether oxygens (including phenoxy) is 1. The summed E-state index contributed by atoms with van der Waals surface area (Å²) in [6, 6.07) is 2.17. The zero-order chi connectivity index (χ0) is 11.8. The minimum atomic E-state index is 0.569. The number of nitrogens with zero attached hydrogens (tertiary/aromatic N) is 3. The Hall–Kier alpha value is -1.34. The summed E-state index contributed by atoms with van der Waals surface area (Å²) in [5.74, 6) is 1.22. The molecule has 16 heavy (non-hydrogen) atoms. The van der Waals surface area contributed by atoms with Gasteiger partial charge in [-0.3, -0.25) is 0 Å². The largest absolute Gasteiger partial charge is 0.385 e. The van der Waals surface area contributed by atoms with Crippen LogP contribution in [0.3, 0.4) is 0 Å². The first-order valence-corrected chi connectivity index (χ1v) is 5.70. The summed E-state index contributed by atoms with van der Waals surface area (Å²) in [4.78, 5) is 0. The number of aryl methyl sites for hydroxylation is 2. The maximum absolute atomic E-state index is 8.54. The van der Waals surface area contributed by atoms with Gasteiger partial charge < -0.3 is 4.74 Å². The Morgan fingerprint density at radius 3 is 3.00 bits per heavy atom. The van der Waals surface area contributed by atoms with Crippen LogP contribution in [0.4, 0.5) is 0 Å². The molecule has 88 valence electrons. The van der Waals surface area contributed by atoms with Crippen molar-refractivity contribution >= 4 is 0 Å². The second-order valence-electron chi connectivity index (χ2n) is 3.84. The van der Waals surface area contributed by atoms with Gasteiger partial charge >= 0.3 is 0 Å². The fourth-order valence-electron chi connectivity index (χ4n) is 1.71. The van der Waals surface area contributed by atoms with Gasteiger partial charge in [-0.2, -0.15) is 5.26 Å². The molecular formula is C12H20N3O+. The predicted molar refractivity (Wildman–Crippen MR) is 60.7 cm³/mol. The van der Waals surface area contributed by atoms with Gasteiger partial charge in [-0.1, -0.05) is 0 Å². The smallest absolute Gasteiger partial charge is 0.253 e. The van der Waals surface area contributed by atoms with Crippen molar-refractivity contribution in [3.05, 3.63) is 18.2 Å². The van der Waals surface area contributed by atoms with Crippen LogP contribution in [0.25, 0.3) is 0 Å². The van der Waals surface area contributed by atoms with Crippen LogP contribution in [-0.4, -0.2) is 18.3 Å². The van der Waals surface area contributed by atoms with Crippen LogP contribution in [0.1, 0.15) is 25.1 Å². The predicted octanol–water partition coefficient (Wildman–Crippen LogP) is 1.42. The maximum Gasteiger partial charge on any atom is 0.253 e. The third-order valence-electron chi connectivity index (χ3n) is 2.72. The highest BCUT2D eigenvalue weighted by Crippen LogP contribution is 1.99. The highest BCUT2D eigenvalue weighted by atomic mass is 16.5. The zero-order valence-corrected chi connectivity index (χ0v) is 10.1. The molecule has 0 fully saturated rings. The summed E-state index contributed by atoms with van der Waals surface area (Å²) in [5.41, 5.74) is 0. The topological polar surface area (TPSA) is 41.8 Å². The normalized spacial score (nSPS) is 10.3. The zero-order valence-electron chi connectivity index (χ0n) is 10.1. The molecule has 1 aromatic rings. The van der Waals surface area contributed by atoms with Gasteiger partial charge in [0.25, 0.3) is 5.82 Å². The van der Waals surface area contributed by atoms with Gasteiger partial charge in [0.2, 0.25) is 0 Å². The van der Waals surface area contributed by atoms with E-state index >= 15 is 0 Å². The fourth-order valence-corrected chi connectivity index (χ4v) is 1.71. The monoisotopic (exact) mass is 222 g/mol. The fraction of sp³-hybridized carbons (Fsp3) is 0.667. The molecule has 0 aromatic carbocycles. The molecule has 0 atom stereocenters. The average Bonchev–Trinajstić information content (AvgIpc) is 2.64. The van der Waals surface area contributed by atoms with Gasteiger partial charge in [-0.05, 0) is 12.8 Å². The summed E-state index contributed by atoms with van der Waals surface area (Å²) in [7, 11) is 1.73. The second-order valence-corrected chi connectivity index (χ2v) is 3.84.